The molecule has 0 aliphatic heterocycles. The Balaban J connectivity index is 1.96. The Bertz CT molecular complexity index is 2100. The van der Waals surface area contributed by atoms with Crippen molar-refractivity contribution in [2.24, 2.45) is 0 Å². The molecule has 0 N–H and O–H groups in total. The Hall–Kier alpha value is -4.92. The first-order chi connectivity index (χ1) is 27.2. The van der Waals surface area contributed by atoms with E-state index in [9.17, 15) is 70.7 Å². The van der Waals surface area contributed by atoms with E-state index in [1.807, 2.05) is 0 Å². The van der Waals surface area contributed by atoms with Gasteiger partial charge in [-0.25, -0.2) is 0 Å². The number of carbonyl (C=O) groups is 1. The number of ether oxygens (including phenoxy) is 3. The first-order valence-corrected chi connectivity index (χ1v) is 19.2. The average molecular weight is 988 g/mol. The number of benzene rings is 5. The van der Waals surface area contributed by atoms with E-state index < -0.39 is 76.0 Å². The van der Waals surface area contributed by atoms with Crippen LogP contribution in [0, 0.1) is 3.57 Å². The summed E-state index contributed by atoms with van der Waals surface area (Å²) in [6.45, 7) is -5.32. The van der Waals surface area contributed by atoms with E-state index >= 15 is 0 Å². The Kier molecular flexibility index (Phi) is 11.9. The summed E-state index contributed by atoms with van der Waals surface area (Å²) >= 11 is 0.624. The van der Waals surface area contributed by atoms with E-state index in [0.717, 1.165) is 0 Å². The molecule has 0 aliphatic carbocycles. The quantitative estimate of drug-likeness (QED) is 0.0708. The van der Waals surface area contributed by atoms with Crippen molar-refractivity contribution >= 4 is 56.6 Å². The van der Waals surface area contributed by atoms with Gasteiger partial charge in [0.15, 0.2) is 0 Å². The first-order valence-electron chi connectivity index (χ1n) is 16.0. The standard InChI is InChI=1S/C37H21F15IO5P/c38-32(39,40)35(47,48)55-27-21-26(28(53)30(57-37(51,52)34(44,45)46)29(27)56-36(49,50)33(41,42)43)31(54)58-59(22-13-5-1-6-14-22,23-15-7-2-8-16-23,24-17-9-3-10-18-24)25-19-11-4-12-20-25/h1-21H. The van der Waals surface area contributed by atoms with E-state index in [1.165, 1.54) is 121 Å². The van der Waals surface area contributed by atoms with Gasteiger partial charge in [0.05, 0.1) is 0 Å². The van der Waals surface area contributed by atoms with E-state index in [2.05, 4.69) is 14.2 Å². The molecular formula is C37H21F15IO5P. The Labute approximate surface area is 335 Å². The first kappa shape index (κ1) is 45.2. The average Bonchev–Trinajstić information content (AvgIpc) is 3.16. The predicted molar refractivity (Wildman–Crippen MR) is 191 cm³/mol. The van der Waals surface area contributed by atoms with E-state index in [-0.39, 0.29) is 27.3 Å². The van der Waals surface area contributed by atoms with Gasteiger partial charge in [-0.1, -0.05) is 0 Å². The molecule has 0 spiro atoms. The second kappa shape index (κ2) is 15.6. The van der Waals surface area contributed by atoms with Gasteiger partial charge in [0.25, 0.3) is 0 Å². The molecule has 316 valence electrons. The van der Waals surface area contributed by atoms with Crippen LogP contribution in [-0.2, 0) is 4.52 Å². The fourth-order valence-electron chi connectivity index (χ4n) is 5.74. The third kappa shape index (κ3) is 8.06. The molecule has 5 aromatic rings. The van der Waals surface area contributed by atoms with Crippen LogP contribution in [0.1, 0.15) is 10.4 Å². The summed E-state index contributed by atoms with van der Waals surface area (Å²) in [6.07, 6.45) is -40.7. The number of hydrogen-bond acceptors (Lipinski definition) is 5. The van der Waals surface area contributed by atoms with Crippen LogP contribution in [0.5, 0.6) is 17.2 Å². The molecule has 59 heavy (non-hydrogen) atoms. The summed E-state index contributed by atoms with van der Waals surface area (Å²) in [7, 11) is 0. The van der Waals surface area contributed by atoms with Crippen molar-refractivity contribution in [3.8, 4) is 17.2 Å². The maximum absolute atomic E-state index is 14.9. The monoisotopic (exact) mass is 988 g/mol. The number of halogens is 16. The Morgan fingerprint density at radius 1 is 0.441 bits per heavy atom. The SMILES string of the molecule is O=C(OP(c1ccccc1)(c1ccccc1)(c1ccccc1)c1ccccc1)c1cc(OC(F)(F)C(F)(F)F)c(OC(F)(F)C(F)(F)F)c(OC(F)(F)C(F)(F)F)c1I. The minimum atomic E-state index is -6.93. The van der Waals surface area contributed by atoms with Crippen LogP contribution in [0.25, 0.3) is 0 Å². The molecule has 0 fully saturated rings. The summed E-state index contributed by atoms with van der Waals surface area (Å²) in [4.78, 5) is 14.9. The third-order valence-electron chi connectivity index (χ3n) is 8.31. The van der Waals surface area contributed by atoms with Crippen LogP contribution in [0.3, 0.4) is 0 Å². The molecule has 22 heteroatoms. The summed E-state index contributed by atoms with van der Waals surface area (Å²) in [5, 5.41) is 0.538. The summed E-state index contributed by atoms with van der Waals surface area (Å²) < 4.78 is 223. The normalized spacial score (nSPS) is 13.9. The van der Waals surface area contributed by atoms with E-state index in [0.29, 0.717) is 22.6 Å². The molecule has 0 atom stereocenters. The maximum atomic E-state index is 14.9. The van der Waals surface area contributed by atoms with Crippen LogP contribution in [-0.4, -0.2) is 42.8 Å². The minimum absolute atomic E-state index is 0.135. The van der Waals surface area contributed by atoms with Crippen molar-refractivity contribution in [1.82, 2.24) is 0 Å². The van der Waals surface area contributed by atoms with Crippen LogP contribution in [0.4, 0.5) is 65.9 Å². The third-order valence-corrected chi connectivity index (χ3v) is 15.0. The van der Waals surface area contributed by atoms with Crippen molar-refractivity contribution in [2.45, 2.75) is 36.9 Å². The van der Waals surface area contributed by atoms with Crippen LogP contribution in [0.2, 0.25) is 0 Å². The molecule has 0 aliphatic rings. The topological polar surface area (TPSA) is 54.0 Å². The molecule has 5 nitrogen and oxygen atoms in total. The zero-order chi connectivity index (χ0) is 43.9. The van der Waals surface area contributed by atoms with Gasteiger partial charge in [-0.05, 0) is 0 Å². The fourth-order valence-corrected chi connectivity index (χ4v) is 12.1. The second-order valence-electron chi connectivity index (χ2n) is 12.0. The summed E-state index contributed by atoms with van der Waals surface area (Å²) in [5.41, 5.74) is -1.61. The van der Waals surface area contributed by atoms with Crippen LogP contribution >= 0.6 is 29.4 Å². The number of hydrogen-bond donors (Lipinski definition) is 0. The van der Waals surface area contributed by atoms with Crippen molar-refractivity contribution in [2.75, 3.05) is 0 Å². The zero-order valence-corrected chi connectivity index (χ0v) is 31.7. The molecule has 0 bridgehead atoms. The van der Waals surface area contributed by atoms with Crippen molar-refractivity contribution in [3.63, 3.8) is 0 Å². The van der Waals surface area contributed by atoms with Crippen LogP contribution in [0.15, 0.2) is 127 Å². The number of rotatable bonds is 12. The van der Waals surface area contributed by atoms with Gasteiger partial charge in [-0.3, -0.25) is 0 Å². The Morgan fingerprint density at radius 3 is 1.03 bits per heavy atom. The van der Waals surface area contributed by atoms with Gasteiger partial charge >= 0.3 is 337 Å². The number of alkyl halides is 15. The molecule has 5 rings (SSSR count). The van der Waals surface area contributed by atoms with Crippen molar-refractivity contribution in [3.05, 3.63) is 137 Å². The molecule has 0 radical (unpaired) electrons. The van der Waals surface area contributed by atoms with Gasteiger partial charge in [-0.2, -0.15) is 0 Å². The molecule has 0 saturated carbocycles. The fraction of sp³-hybridized carbons (Fsp3) is 0.162. The van der Waals surface area contributed by atoms with Gasteiger partial charge in [0.1, 0.15) is 0 Å². The van der Waals surface area contributed by atoms with Crippen molar-refractivity contribution < 1.29 is 89.4 Å². The number of carbonyl (C=O) groups excluding carboxylic acids is 1. The molecular weight excluding hydrogens is 967 g/mol. The molecule has 0 saturated heterocycles. The van der Waals surface area contributed by atoms with E-state index in [4.69, 9.17) is 4.52 Å². The molecule has 0 aromatic heterocycles. The molecule has 0 heterocycles. The molecule has 0 unspecified atom stereocenters. The molecule has 0 amide bonds. The van der Waals surface area contributed by atoms with Gasteiger partial charge < -0.3 is 0 Å². The van der Waals surface area contributed by atoms with Gasteiger partial charge in [-0.15, -0.1) is 0 Å². The summed E-state index contributed by atoms with van der Waals surface area (Å²) in [5.74, 6) is -10.4. The zero-order valence-electron chi connectivity index (χ0n) is 28.7. The summed E-state index contributed by atoms with van der Waals surface area (Å²) in [6, 6.07) is 29.2. The Morgan fingerprint density at radius 2 is 0.729 bits per heavy atom. The van der Waals surface area contributed by atoms with Gasteiger partial charge in [0.2, 0.25) is 0 Å². The second-order valence-corrected chi connectivity index (χ2v) is 17.4. The van der Waals surface area contributed by atoms with Gasteiger partial charge in [0, 0.05) is 0 Å². The van der Waals surface area contributed by atoms with Crippen LogP contribution < -0.4 is 35.4 Å². The van der Waals surface area contributed by atoms with E-state index in [1.54, 1.807) is 0 Å². The molecule has 5 aromatic carbocycles. The van der Waals surface area contributed by atoms with Crippen molar-refractivity contribution in [1.29, 1.82) is 0 Å². The predicted octanol–water partition coefficient (Wildman–Crippen LogP) is 10.8.